The van der Waals surface area contributed by atoms with Gasteiger partial charge in [-0.05, 0) is 64.0 Å². The van der Waals surface area contributed by atoms with Gasteiger partial charge in [-0.3, -0.25) is 9.59 Å². The zero-order valence-corrected chi connectivity index (χ0v) is 19.9. The SMILES string of the molecule is CCn1cc(C(=O)NCCCN2CCCC2)c(=O)c2cc(S(=O)(=O)N3CCOCC3)ccc21. The van der Waals surface area contributed by atoms with Crippen molar-refractivity contribution in [2.75, 3.05) is 52.5 Å². The second-order valence-corrected chi connectivity index (χ2v) is 10.4. The van der Waals surface area contributed by atoms with Crippen LogP contribution in [0.4, 0.5) is 0 Å². The van der Waals surface area contributed by atoms with Crippen LogP contribution in [0.15, 0.2) is 34.1 Å². The summed E-state index contributed by atoms with van der Waals surface area (Å²) in [5, 5.41) is 3.09. The molecule has 0 bridgehead atoms. The Morgan fingerprint density at radius 1 is 1.12 bits per heavy atom. The van der Waals surface area contributed by atoms with Crippen molar-refractivity contribution in [3.8, 4) is 0 Å². The van der Waals surface area contributed by atoms with E-state index in [0.29, 0.717) is 31.8 Å². The fourth-order valence-corrected chi connectivity index (χ4v) is 5.94. The van der Waals surface area contributed by atoms with Gasteiger partial charge >= 0.3 is 0 Å². The predicted molar refractivity (Wildman–Crippen MR) is 126 cm³/mol. The van der Waals surface area contributed by atoms with Gasteiger partial charge in [-0.1, -0.05) is 0 Å². The lowest BCUT2D eigenvalue weighted by Crippen LogP contribution is -2.40. The number of aromatic nitrogens is 1. The van der Waals surface area contributed by atoms with Gasteiger partial charge in [0.2, 0.25) is 15.5 Å². The predicted octanol–water partition coefficient (Wildman–Crippen LogP) is 1.26. The summed E-state index contributed by atoms with van der Waals surface area (Å²) in [6, 6.07) is 4.57. The van der Waals surface area contributed by atoms with Crippen molar-refractivity contribution < 1.29 is 17.9 Å². The number of likely N-dealkylation sites (tertiary alicyclic amines) is 1. The molecule has 2 aromatic rings. The fourth-order valence-electron chi connectivity index (χ4n) is 4.50. The number of fused-ring (bicyclic) bond motifs is 1. The van der Waals surface area contributed by atoms with E-state index in [1.807, 2.05) is 6.92 Å². The first-order chi connectivity index (χ1) is 15.9. The number of nitrogens with zero attached hydrogens (tertiary/aromatic N) is 3. The number of hydrogen-bond acceptors (Lipinski definition) is 6. The van der Waals surface area contributed by atoms with Gasteiger partial charge in [0.1, 0.15) is 5.56 Å². The van der Waals surface area contributed by atoms with Crippen LogP contribution >= 0.6 is 0 Å². The number of aryl methyl sites for hydroxylation is 1. The van der Waals surface area contributed by atoms with Crippen LogP contribution in [0.2, 0.25) is 0 Å². The number of nitrogens with one attached hydrogen (secondary N) is 1. The molecule has 0 radical (unpaired) electrons. The van der Waals surface area contributed by atoms with Gasteiger partial charge in [0, 0.05) is 37.8 Å². The normalized spacial score (nSPS) is 18.1. The lowest BCUT2D eigenvalue weighted by atomic mass is 10.1. The molecule has 0 unspecified atom stereocenters. The van der Waals surface area contributed by atoms with Crippen LogP contribution in [0, 0.1) is 0 Å². The lowest BCUT2D eigenvalue weighted by molar-refractivity contribution is 0.0730. The maximum absolute atomic E-state index is 13.2. The number of amides is 1. The minimum Gasteiger partial charge on any atom is -0.379 e. The molecule has 2 saturated heterocycles. The second kappa shape index (κ2) is 10.3. The van der Waals surface area contributed by atoms with E-state index in [1.165, 1.54) is 29.3 Å². The smallest absolute Gasteiger partial charge is 0.256 e. The molecular formula is C23H32N4O5S. The summed E-state index contributed by atoms with van der Waals surface area (Å²) in [5.74, 6) is -0.424. The highest BCUT2D eigenvalue weighted by Gasteiger charge is 2.27. The van der Waals surface area contributed by atoms with E-state index in [9.17, 15) is 18.0 Å². The molecule has 1 aromatic carbocycles. The Hall–Kier alpha value is -2.27. The van der Waals surface area contributed by atoms with E-state index < -0.39 is 21.4 Å². The van der Waals surface area contributed by atoms with Crippen LogP contribution in [0.5, 0.6) is 0 Å². The van der Waals surface area contributed by atoms with Crippen molar-refractivity contribution >= 4 is 26.8 Å². The van der Waals surface area contributed by atoms with Crippen molar-refractivity contribution in [2.24, 2.45) is 0 Å². The first-order valence-corrected chi connectivity index (χ1v) is 13.1. The lowest BCUT2D eigenvalue weighted by Gasteiger charge is -2.26. The van der Waals surface area contributed by atoms with Crippen LogP contribution in [0.3, 0.4) is 0 Å². The number of carbonyl (C=O) groups is 1. The van der Waals surface area contributed by atoms with E-state index in [4.69, 9.17) is 4.74 Å². The van der Waals surface area contributed by atoms with Crippen LogP contribution in [0.1, 0.15) is 36.5 Å². The molecule has 10 heteroatoms. The summed E-state index contributed by atoms with van der Waals surface area (Å²) in [6.07, 6.45) is 4.84. The molecular weight excluding hydrogens is 444 g/mol. The number of hydrogen-bond donors (Lipinski definition) is 1. The van der Waals surface area contributed by atoms with Crippen molar-refractivity contribution in [2.45, 2.75) is 37.6 Å². The number of benzene rings is 1. The summed E-state index contributed by atoms with van der Waals surface area (Å²) < 4.78 is 34.6. The number of ether oxygens (including phenoxy) is 1. The van der Waals surface area contributed by atoms with Gasteiger partial charge in [-0.25, -0.2) is 8.42 Å². The van der Waals surface area contributed by atoms with Crippen LogP contribution < -0.4 is 10.7 Å². The topological polar surface area (TPSA) is 101 Å². The van der Waals surface area contributed by atoms with E-state index in [2.05, 4.69) is 10.2 Å². The van der Waals surface area contributed by atoms with Crippen LogP contribution in [-0.4, -0.2) is 80.6 Å². The van der Waals surface area contributed by atoms with E-state index in [0.717, 1.165) is 26.1 Å². The molecule has 180 valence electrons. The average Bonchev–Trinajstić information content (AvgIpc) is 3.36. The van der Waals surface area contributed by atoms with Crippen LogP contribution in [0.25, 0.3) is 10.9 Å². The zero-order valence-electron chi connectivity index (χ0n) is 19.1. The zero-order chi connectivity index (χ0) is 23.4. The van der Waals surface area contributed by atoms with Gasteiger partial charge in [0.25, 0.3) is 5.91 Å². The molecule has 2 fully saturated rings. The quantitative estimate of drug-likeness (QED) is 0.576. The Labute approximate surface area is 194 Å². The molecule has 0 spiro atoms. The van der Waals surface area contributed by atoms with Gasteiger partial charge in [0.05, 0.1) is 23.6 Å². The first-order valence-electron chi connectivity index (χ1n) is 11.7. The van der Waals surface area contributed by atoms with Crippen molar-refractivity contribution in [3.63, 3.8) is 0 Å². The summed E-state index contributed by atoms with van der Waals surface area (Å²) in [5.41, 5.74) is 0.186. The number of sulfonamides is 1. The van der Waals surface area contributed by atoms with Crippen LogP contribution in [-0.2, 0) is 21.3 Å². The molecule has 33 heavy (non-hydrogen) atoms. The number of morpholine rings is 1. The van der Waals surface area contributed by atoms with Gasteiger partial charge in [-0.15, -0.1) is 0 Å². The molecule has 3 heterocycles. The Morgan fingerprint density at radius 3 is 2.55 bits per heavy atom. The number of rotatable bonds is 8. The van der Waals surface area contributed by atoms with Gasteiger partial charge in [0.15, 0.2) is 0 Å². The monoisotopic (exact) mass is 476 g/mol. The van der Waals surface area contributed by atoms with Gasteiger partial charge < -0.3 is 19.5 Å². The second-order valence-electron chi connectivity index (χ2n) is 8.51. The standard InChI is InChI=1S/C23H32N4O5S/c1-2-26-17-20(23(29)24-8-5-11-25-9-3-4-10-25)22(28)19-16-18(6-7-21(19)26)33(30,31)27-12-14-32-15-13-27/h6-7,16-17H,2-5,8-15H2,1H3,(H,24,29). The molecule has 0 atom stereocenters. The van der Waals surface area contributed by atoms with Gasteiger partial charge in [-0.2, -0.15) is 4.31 Å². The third-order valence-corrected chi connectivity index (χ3v) is 8.27. The highest BCUT2D eigenvalue weighted by Crippen LogP contribution is 2.22. The number of carbonyl (C=O) groups excluding carboxylic acids is 1. The van der Waals surface area contributed by atoms with E-state index in [-0.39, 0.29) is 28.9 Å². The van der Waals surface area contributed by atoms with Crippen molar-refractivity contribution in [1.82, 2.24) is 19.1 Å². The minimum absolute atomic E-state index is 0.0337. The summed E-state index contributed by atoms with van der Waals surface area (Å²) in [4.78, 5) is 28.5. The highest BCUT2D eigenvalue weighted by atomic mass is 32.2. The summed E-state index contributed by atoms with van der Waals surface area (Å²) in [6.45, 7) is 7.34. The molecule has 0 saturated carbocycles. The summed E-state index contributed by atoms with van der Waals surface area (Å²) >= 11 is 0. The Morgan fingerprint density at radius 2 is 1.85 bits per heavy atom. The molecule has 4 rings (SSSR count). The van der Waals surface area contributed by atoms with E-state index >= 15 is 0 Å². The Balaban J connectivity index is 1.58. The largest absolute Gasteiger partial charge is 0.379 e. The molecule has 1 aromatic heterocycles. The maximum atomic E-state index is 13.2. The molecule has 1 N–H and O–H groups in total. The molecule has 0 aliphatic carbocycles. The molecule has 1 amide bonds. The first kappa shape index (κ1) is 23.9. The minimum atomic E-state index is -3.75. The van der Waals surface area contributed by atoms with Crippen molar-refractivity contribution in [3.05, 3.63) is 40.2 Å². The molecule has 2 aliphatic heterocycles. The Bertz CT molecular complexity index is 1170. The van der Waals surface area contributed by atoms with E-state index in [1.54, 1.807) is 16.8 Å². The molecule has 2 aliphatic rings. The highest BCUT2D eigenvalue weighted by molar-refractivity contribution is 7.89. The summed E-state index contributed by atoms with van der Waals surface area (Å²) in [7, 11) is -3.75. The third-order valence-electron chi connectivity index (χ3n) is 6.38. The number of pyridine rings is 1. The maximum Gasteiger partial charge on any atom is 0.256 e. The fraction of sp³-hybridized carbons (Fsp3) is 0.565. The van der Waals surface area contributed by atoms with Crippen molar-refractivity contribution in [1.29, 1.82) is 0 Å². The third kappa shape index (κ3) is 5.13. The molecule has 9 nitrogen and oxygen atoms in total. The Kier molecular flexibility index (Phi) is 7.48. The average molecular weight is 477 g/mol.